The normalized spacial score (nSPS) is 12.8. The van der Waals surface area contributed by atoms with Crippen molar-refractivity contribution in [1.82, 2.24) is 24.5 Å². The summed E-state index contributed by atoms with van der Waals surface area (Å²) in [6.07, 6.45) is -7.66. The third kappa shape index (κ3) is 4.83. The monoisotopic (exact) mass is 479 g/mol. The quantitative estimate of drug-likeness (QED) is 0.453. The van der Waals surface area contributed by atoms with Gasteiger partial charge in [0, 0.05) is 16.1 Å². The smallest absolute Gasteiger partial charge is 0.382 e. The average Bonchev–Trinajstić information content (AvgIpc) is 3.34. The van der Waals surface area contributed by atoms with Crippen LogP contribution in [0.4, 0.5) is 13.2 Å². The van der Waals surface area contributed by atoms with Crippen molar-refractivity contribution in [1.29, 1.82) is 0 Å². The van der Waals surface area contributed by atoms with E-state index in [1.807, 2.05) is 31.2 Å². The Morgan fingerprint density at radius 1 is 1.15 bits per heavy atom. The van der Waals surface area contributed by atoms with E-state index in [1.165, 1.54) is 24.3 Å². The molecule has 1 N–H and O–H groups in total. The number of halogens is 4. The number of rotatable bonds is 6. The number of aliphatic hydroxyl groups is 1. The Bertz CT molecular complexity index is 1330. The van der Waals surface area contributed by atoms with Crippen molar-refractivity contribution in [2.45, 2.75) is 32.3 Å². The van der Waals surface area contributed by atoms with Crippen LogP contribution in [0, 0.1) is 6.92 Å². The highest BCUT2D eigenvalue weighted by Gasteiger charge is 2.39. The zero-order chi connectivity index (χ0) is 23.8. The molecule has 2 aromatic heterocycles. The second-order valence-electron chi connectivity index (χ2n) is 7.27. The minimum absolute atomic E-state index is 0.0408. The maximum atomic E-state index is 13.0. The van der Waals surface area contributed by atoms with E-state index < -0.39 is 24.5 Å². The maximum absolute atomic E-state index is 13.0. The first-order valence-corrected chi connectivity index (χ1v) is 10.1. The van der Waals surface area contributed by atoms with Crippen molar-refractivity contribution < 1.29 is 22.8 Å². The Morgan fingerprint density at radius 3 is 2.52 bits per heavy atom. The van der Waals surface area contributed by atoms with Crippen LogP contribution in [0.15, 0.2) is 57.8 Å². The van der Waals surface area contributed by atoms with E-state index in [2.05, 4.69) is 15.2 Å². The topological polar surface area (TPSA) is 99.0 Å². The van der Waals surface area contributed by atoms with Crippen molar-refractivity contribution >= 4 is 11.6 Å². The molecule has 0 spiro atoms. The van der Waals surface area contributed by atoms with Gasteiger partial charge in [-0.1, -0.05) is 41.0 Å². The fraction of sp³-hybridized carbons (Fsp3) is 0.238. The summed E-state index contributed by atoms with van der Waals surface area (Å²) in [5.41, 5.74) is 1.12. The molecule has 0 unspecified atom stereocenters. The van der Waals surface area contributed by atoms with Gasteiger partial charge in [0.15, 0.2) is 11.9 Å². The van der Waals surface area contributed by atoms with Gasteiger partial charge < -0.3 is 9.63 Å². The highest BCUT2D eigenvalue weighted by molar-refractivity contribution is 6.30. The maximum Gasteiger partial charge on any atom is 0.416 e. The minimum atomic E-state index is -4.91. The van der Waals surface area contributed by atoms with Gasteiger partial charge in [-0.25, -0.2) is 9.48 Å². The lowest BCUT2D eigenvalue weighted by Crippen LogP contribution is -2.37. The molecule has 4 rings (SSSR count). The Kier molecular flexibility index (Phi) is 6.09. The predicted octanol–water partition coefficient (Wildman–Crippen LogP) is 3.70. The highest BCUT2D eigenvalue weighted by Crippen LogP contribution is 2.24. The second kappa shape index (κ2) is 8.83. The molecule has 0 amide bonds. The standard InChI is InChI=1S/C21H17ClF3N5O3/c1-12-4-2-3-5-15(12)18-26-17(33-28-18)11-30-20(32)29(10-16(31)21(23,24)25)19(27-30)13-6-8-14(22)9-7-13/h2-9,16,31H,10-11H2,1H3/t16-/m0/s1. The molecular formula is C21H17ClF3N5O3. The van der Waals surface area contributed by atoms with Gasteiger partial charge in [-0.05, 0) is 36.8 Å². The lowest BCUT2D eigenvalue weighted by atomic mass is 10.1. The molecule has 2 aromatic carbocycles. The Hall–Kier alpha value is -3.44. The van der Waals surface area contributed by atoms with E-state index in [9.17, 15) is 23.1 Å². The van der Waals surface area contributed by atoms with Gasteiger partial charge in [0.1, 0.15) is 6.54 Å². The first-order valence-electron chi connectivity index (χ1n) is 9.70. The molecule has 2 heterocycles. The lowest BCUT2D eigenvalue weighted by Gasteiger charge is -2.15. The van der Waals surface area contributed by atoms with Crippen LogP contribution in [0.1, 0.15) is 11.5 Å². The molecule has 0 saturated heterocycles. The zero-order valence-electron chi connectivity index (χ0n) is 17.1. The Balaban J connectivity index is 1.71. The van der Waals surface area contributed by atoms with E-state index in [-0.39, 0.29) is 18.3 Å². The lowest BCUT2D eigenvalue weighted by molar-refractivity contribution is -0.207. The summed E-state index contributed by atoms with van der Waals surface area (Å²) in [6.45, 7) is 0.577. The average molecular weight is 480 g/mol. The molecule has 0 aliphatic carbocycles. The molecule has 12 heteroatoms. The summed E-state index contributed by atoms with van der Waals surface area (Å²) < 4.78 is 45.8. The number of alkyl halides is 3. The van der Waals surface area contributed by atoms with Gasteiger partial charge in [-0.2, -0.15) is 18.2 Å². The van der Waals surface area contributed by atoms with Gasteiger partial charge in [-0.3, -0.25) is 4.57 Å². The van der Waals surface area contributed by atoms with Gasteiger partial charge in [0.05, 0.1) is 6.54 Å². The first-order chi connectivity index (χ1) is 15.6. The van der Waals surface area contributed by atoms with E-state index in [0.29, 0.717) is 16.4 Å². The Labute approximate surface area is 189 Å². The van der Waals surface area contributed by atoms with Crippen LogP contribution in [-0.2, 0) is 13.1 Å². The van der Waals surface area contributed by atoms with Gasteiger partial charge in [-0.15, -0.1) is 5.10 Å². The molecule has 172 valence electrons. The summed E-state index contributed by atoms with van der Waals surface area (Å²) in [6, 6.07) is 13.4. The SMILES string of the molecule is Cc1ccccc1-c1noc(Cn2nc(-c3ccc(Cl)cc3)n(C[C@H](O)C(F)(F)F)c2=O)n1. The van der Waals surface area contributed by atoms with Crippen LogP contribution in [0.5, 0.6) is 0 Å². The molecule has 4 aromatic rings. The van der Waals surface area contributed by atoms with Crippen molar-refractivity contribution in [3.05, 3.63) is 75.5 Å². The van der Waals surface area contributed by atoms with Crippen LogP contribution in [0.2, 0.25) is 5.02 Å². The summed E-state index contributed by atoms with van der Waals surface area (Å²) in [5, 5.41) is 18.0. The summed E-state index contributed by atoms with van der Waals surface area (Å²) >= 11 is 5.88. The van der Waals surface area contributed by atoms with Gasteiger partial charge in [0.2, 0.25) is 11.7 Å². The highest BCUT2D eigenvalue weighted by atomic mass is 35.5. The second-order valence-corrected chi connectivity index (χ2v) is 7.70. The summed E-state index contributed by atoms with van der Waals surface area (Å²) in [7, 11) is 0. The number of hydrogen-bond acceptors (Lipinski definition) is 6. The van der Waals surface area contributed by atoms with Crippen molar-refractivity contribution in [3.63, 3.8) is 0 Å². The largest absolute Gasteiger partial charge is 0.416 e. The van der Waals surface area contributed by atoms with Crippen LogP contribution in [0.25, 0.3) is 22.8 Å². The fourth-order valence-electron chi connectivity index (χ4n) is 3.18. The van der Waals surface area contributed by atoms with Gasteiger partial charge in [0.25, 0.3) is 0 Å². The minimum Gasteiger partial charge on any atom is -0.382 e. The fourth-order valence-corrected chi connectivity index (χ4v) is 3.30. The number of aromatic nitrogens is 5. The van der Waals surface area contributed by atoms with Crippen LogP contribution < -0.4 is 5.69 Å². The van der Waals surface area contributed by atoms with Crippen molar-refractivity contribution in [3.8, 4) is 22.8 Å². The van der Waals surface area contributed by atoms with Gasteiger partial charge >= 0.3 is 11.9 Å². The third-order valence-corrected chi connectivity index (χ3v) is 5.15. The third-order valence-electron chi connectivity index (χ3n) is 4.90. The number of nitrogens with zero attached hydrogens (tertiary/aromatic N) is 5. The number of aliphatic hydroxyl groups excluding tert-OH is 1. The van der Waals surface area contributed by atoms with Crippen molar-refractivity contribution in [2.75, 3.05) is 0 Å². The molecule has 33 heavy (non-hydrogen) atoms. The van der Waals surface area contributed by atoms with E-state index in [4.69, 9.17) is 16.1 Å². The molecule has 0 saturated carbocycles. The van der Waals surface area contributed by atoms with Crippen molar-refractivity contribution in [2.24, 2.45) is 0 Å². The molecular weight excluding hydrogens is 463 g/mol. The number of hydrogen-bond donors (Lipinski definition) is 1. The van der Waals surface area contributed by atoms with Crippen LogP contribution in [0.3, 0.4) is 0 Å². The van der Waals surface area contributed by atoms with Crippen LogP contribution >= 0.6 is 11.6 Å². The summed E-state index contributed by atoms with van der Waals surface area (Å²) in [5.74, 6) is 0.277. The number of aryl methyl sites for hydroxylation is 1. The molecule has 0 aliphatic rings. The van der Waals surface area contributed by atoms with E-state index >= 15 is 0 Å². The molecule has 0 radical (unpaired) electrons. The number of benzene rings is 2. The molecule has 1 atom stereocenters. The first kappa shape index (κ1) is 22.7. The van der Waals surface area contributed by atoms with E-state index in [1.54, 1.807) is 0 Å². The van der Waals surface area contributed by atoms with E-state index in [0.717, 1.165) is 20.4 Å². The molecule has 0 aliphatic heterocycles. The summed E-state index contributed by atoms with van der Waals surface area (Å²) in [4.78, 5) is 17.2. The predicted molar refractivity (Wildman–Crippen MR) is 113 cm³/mol. The molecule has 0 fully saturated rings. The Morgan fingerprint density at radius 2 is 1.85 bits per heavy atom. The molecule has 8 nitrogen and oxygen atoms in total. The van der Waals surface area contributed by atoms with Crippen LogP contribution in [-0.4, -0.2) is 41.9 Å². The zero-order valence-corrected chi connectivity index (χ0v) is 17.9. The molecule has 0 bridgehead atoms.